The lowest BCUT2D eigenvalue weighted by Gasteiger charge is -2.20. The highest BCUT2D eigenvalue weighted by molar-refractivity contribution is 6.33. The third-order valence-electron chi connectivity index (χ3n) is 3.10. The van der Waals surface area contributed by atoms with Gasteiger partial charge in [-0.1, -0.05) is 13.0 Å². The van der Waals surface area contributed by atoms with Gasteiger partial charge in [-0.2, -0.15) is 0 Å². The van der Waals surface area contributed by atoms with E-state index in [2.05, 4.69) is 0 Å². The first kappa shape index (κ1) is 12.2. The predicted octanol–water partition coefficient (Wildman–Crippen LogP) is 2.60. The number of anilines is 1. The first-order chi connectivity index (χ1) is 8.19. The van der Waals surface area contributed by atoms with Gasteiger partial charge in [0, 0.05) is 12.1 Å². The molecule has 0 spiro atoms. The van der Waals surface area contributed by atoms with Crippen molar-refractivity contribution in [3.05, 3.63) is 23.8 Å². The third kappa shape index (κ3) is 2.12. The number of rotatable bonds is 3. The van der Waals surface area contributed by atoms with Crippen LogP contribution in [0, 0.1) is 0 Å². The second-order valence-corrected chi connectivity index (χ2v) is 4.60. The number of nitrogens with zero attached hydrogens (tertiary/aromatic N) is 1. The maximum Gasteiger partial charge on any atom is 0.245 e. The predicted molar refractivity (Wildman–Crippen MR) is 69.0 cm³/mol. The highest BCUT2D eigenvalue weighted by Gasteiger charge is 2.29. The molecule has 0 radical (unpaired) electrons. The van der Waals surface area contributed by atoms with Crippen molar-refractivity contribution < 1.29 is 9.53 Å². The summed E-state index contributed by atoms with van der Waals surface area (Å²) in [4.78, 5) is 13.9. The number of fused-ring (bicyclic) bond motifs is 1. The molecule has 1 aliphatic rings. The van der Waals surface area contributed by atoms with Crippen LogP contribution >= 0.6 is 11.6 Å². The molecular weight excluding hydrogens is 238 g/mol. The Morgan fingerprint density at radius 3 is 3.00 bits per heavy atom. The molecule has 1 aromatic carbocycles. The van der Waals surface area contributed by atoms with Gasteiger partial charge >= 0.3 is 0 Å². The minimum Gasteiger partial charge on any atom is -0.496 e. The lowest BCUT2D eigenvalue weighted by atomic mass is 10.1. The van der Waals surface area contributed by atoms with Crippen LogP contribution < -0.4 is 9.64 Å². The molecule has 2 rings (SSSR count). The van der Waals surface area contributed by atoms with E-state index >= 15 is 0 Å². The Kier molecular flexibility index (Phi) is 3.57. The van der Waals surface area contributed by atoms with Gasteiger partial charge in [-0.3, -0.25) is 4.79 Å². The van der Waals surface area contributed by atoms with Gasteiger partial charge in [0.25, 0.3) is 0 Å². The van der Waals surface area contributed by atoms with Gasteiger partial charge in [-0.15, -0.1) is 11.6 Å². The van der Waals surface area contributed by atoms with E-state index in [1.165, 1.54) is 0 Å². The molecule has 3 nitrogen and oxygen atoms in total. The largest absolute Gasteiger partial charge is 0.496 e. The molecular formula is C13H16ClNO2. The van der Waals surface area contributed by atoms with E-state index in [0.29, 0.717) is 13.0 Å². The summed E-state index contributed by atoms with van der Waals surface area (Å²) in [6, 6.07) is 5.77. The molecule has 1 heterocycles. The van der Waals surface area contributed by atoms with Crippen molar-refractivity contribution >= 4 is 23.2 Å². The van der Waals surface area contributed by atoms with Crippen LogP contribution in [-0.2, 0) is 11.2 Å². The Morgan fingerprint density at radius 2 is 2.35 bits per heavy atom. The van der Waals surface area contributed by atoms with Crippen molar-refractivity contribution in [3.8, 4) is 5.75 Å². The van der Waals surface area contributed by atoms with Crippen molar-refractivity contribution in [1.29, 1.82) is 0 Å². The van der Waals surface area contributed by atoms with Gasteiger partial charge in [-0.05, 0) is 25.0 Å². The zero-order valence-corrected chi connectivity index (χ0v) is 10.8. The Labute approximate surface area is 106 Å². The lowest BCUT2D eigenvalue weighted by Crippen LogP contribution is -2.35. The summed E-state index contributed by atoms with van der Waals surface area (Å²) in [5, 5.41) is -0.438. The van der Waals surface area contributed by atoms with E-state index in [1.54, 1.807) is 12.0 Å². The SMILES string of the molecule is CCC(Cl)C(=O)N1CCc2c(OC)cccc21. The number of hydrogen-bond acceptors (Lipinski definition) is 2. The number of ether oxygens (including phenoxy) is 1. The van der Waals surface area contributed by atoms with Crippen LogP contribution in [0.4, 0.5) is 5.69 Å². The second kappa shape index (κ2) is 4.96. The fourth-order valence-electron chi connectivity index (χ4n) is 2.17. The van der Waals surface area contributed by atoms with Crippen molar-refractivity contribution in [2.75, 3.05) is 18.6 Å². The summed E-state index contributed by atoms with van der Waals surface area (Å²) in [6.07, 6.45) is 1.48. The molecule has 4 heteroatoms. The summed E-state index contributed by atoms with van der Waals surface area (Å²) in [7, 11) is 1.65. The minimum absolute atomic E-state index is 0.0128. The molecule has 0 N–H and O–H groups in total. The molecule has 0 fully saturated rings. The number of halogens is 1. The number of carbonyl (C=O) groups is 1. The molecule has 0 aliphatic carbocycles. The van der Waals surface area contributed by atoms with Gasteiger partial charge in [-0.25, -0.2) is 0 Å². The number of alkyl halides is 1. The number of carbonyl (C=O) groups excluding carboxylic acids is 1. The normalized spacial score (nSPS) is 15.6. The summed E-state index contributed by atoms with van der Waals surface area (Å²) in [5.41, 5.74) is 2.04. The van der Waals surface area contributed by atoms with E-state index in [4.69, 9.17) is 16.3 Å². The van der Waals surface area contributed by atoms with Crippen molar-refractivity contribution in [1.82, 2.24) is 0 Å². The Morgan fingerprint density at radius 1 is 1.59 bits per heavy atom. The number of hydrogen-bond donors (Lipinski definition) is 0. The van der Waals surface area contributed by atoms with Gasteiger partial charge in [0.1, 0.15) is 11.1 Å². The van der Waals surface area contributed by atoms with Crippen LogP contribution in [0.1, 0.15) is 18.9 Å². The Bertz CT molecular complexity index is 433. The zero-order chi connectivity index (χ0) is 12.4. The minimum atomic E-state index is -0.438. The van der Waals surface area contributed by atoms with Gasteiger partial charge in [0.2, 0.25) is 5.91 Å². The third-order valence-corrected chi connectivity index (χ3v) is 3.59. The van der Waals surface area contributed by atoms with Crippen LogP contribution in [-0.4, -0.2) is 24.9 Å². The van der Waals surface area contributed by atoms with Gasteiger partial charge in [0.15, 0.2) is 0 Å². The standard InChI is InChI=1S/C13H16ClNO2/c1-3-10(14)13(16)15-8-7-9-11(15)5-4-6-12(9)17-2/h4-6,10H,3,7-8H2,1-2H3. The van der Waals surface area contributed by atoms with Crippen molar-refractivity contribution in [2.24, 2.45) is 0 Å². The highest BCUT2D eigenvalue weighted by Crippen LogP contribution is 2.35. The van der Waals surface area contributed by atoms with Gasteiger partial charge in [0.05, 0.1) is 12.8 Å². The zero-order valence-electron chi connectivity index (χ0n) is 10.1. The number of methoxy groups -OCH3 is 1. The molecule has 1 amide bonds. The molecule has 1 atom stereocenters. The van der Waals surface area contributed by atoms with Crippen LogP contribution in [0.3, 0.4) is 0 Å². The first-order valence-corrected chi connectivity index (χ1v) is 6.24. The van der Waals surface area contributed by atoms with Crippen molar-refractivity contribution in [2.45, 2.75) is 25.1 Å². The van der Waals surface area contributed by atoms with Crippen LogP contribution in [0.15, 0.2) is 18.2 Å². The molecule has 0 saturated carbocycles. The molecule has 1 aromatic rings. The van der Waals surface area contributed by atoms with Crippen molar-refractivity contribution in [3.63, 3.8) is 0 Å². The quantitative estimate of drug-likeness (QED) is 0.775. The van der Waals surface area contributed by atoms with E-state index in [9.17, 15) is 4.79 Å². The number of benzene rings is 1. The topological polar surface area (TPSA) is 29.5 Å². The Hall–Kier alpha value is -1.22. The first-order valence-electron chi connectivity index (χ1n) is 5.80. The second-order valence-electron chi connectivity index (χ2n) is 4.07. The van der Waals surface area contributed by atoms with E-state index in [-0.39, 0.29) is 5.91 Å². The van der Waals surface area contributed by atoms with Crippen LogP contribution in [0.2, 0.25) is 0 Å². The summed E-state index contributed by atoms with van der Waals surface area (Å²) in [5.74, 6) is 0.835. The Balaban J connectivity index is 2.31. The molecule has 1 aliphatic heterocycles. The van der Waals surface area contributed by atoms with E-state index in [1.807, 2.05) is 25.1 Å². The fourth-order valence-corrected chi connectivity index (χ4v) is 2.28. The molecule has 1 unspecified atom stereocenters. The average molecular weight is 254 g/mol. The van der Waals surface area contributed by atoms with E-state index in [0.717, 1.165) is 23.4 Å². The van der Waals surface area contributed by atoms with Crippen LogP contribution in [0.25, 0.3) is 0 Å². The summed E-state index contributed by atoms with van der Waals surface area (Å²) in [6.45, 7) is 2.61. The monoisotopic (exact) mass is 253 g/mol. The molecule has 0 bridgehead atoms. The molecule has 0 saturated heterocycles. The fraction of sp³-hybridized carbons (Fsp3) is 0.462. The highest BCUT2D eigenvalue weighted by atomic mass is 35.5. The summed E-state index contributed by atoms with van der Waals surface area (Å²) >= 11 is 6.01. The average Bonchev–Trinajstić information content (AvgIpc) is 2.80. The summed E-state index contributed by atoms with van der Waals surface area (Å²) < 4.78 is 5.30. The number of amides is 1. The molecule has 17 heavy (non-hydrogen) atoms. The molecule has 0 aromatic heterocycles. The van der Waals surface area contributed by atoms with Gasteiger partial charge < -0.3 is 9.64 Å². The smallest absolute Gasteiger partial charge is 0.245 e. The molecule has 92 valence electrons. The van der Waals surface area contributed by atoms with Crippen LogP contribution in [0.5, 0.6) is 5.75 Å². The maximum atomic E-state index is 12.1. The maximum absolute atomic E-state index is 12.1. The lowest BCUT2D eigenvalue weighted by molar-refractivity contribution is -0.118. The van der Waals surface area contributed by atoms with E-state index < -0.39 is 5.38 Å².